The summed E-state index contributed by atoms with van der Waals surface area (Å²) in [5.41, 5.74) is -0.326. The first-order chi connectivity index (χ1) is 12.8. The van der Waals surface area contributed by atoms with Crippen LogP contribution in [0.2, 0.25) is 0 Å². The maximum Gasteiger partial charge on any atom is 0.342 e. The number of aromatic hydroxyl groups is 2. The van der Waals surface area contributed by atoms with Crippen LogP contribution in [0.4, 0.5) is 0 Å². The molecule has 1 aliphatic heterocycles. The van der Waals surface area contributed by atoms with Crippen molar-refractivity contribution in [1.29, 1.82) is 0 Å². The molecule has 8 nitrogen and oxygen atoms in total. The summed E-state index contributed by atoms with van der Waals surface area (Å²) in [6.45, 7) is 1.58. The van der Waals surface area contributed by atoms with Crippen molar-refractivity contribution >= 4 is 17.8 Å². The van der Waals surface area contributed by atoms with Crippen molar-refractivity contribution in [2.75, 3.05) is 7.11 Å². The summed E-state index contributed by atoms with van der Waals surface area (Å²) in [6, 6.07) is 1.09. The molecule has 1 aliphatic rings. The summed E-state index contributed by atoms with van der Waals surface area (Å²) in [6.07, 6.45) is 1.57. The largest absolute Gasteiger partial charge is 0.507 e. The maximum atomic E-state index is 12.5. The van der Waals surface area contributed by atoms with Crippen LogP contribution in [0, 0.1) is 0 Å². The summed E-state index contributed by atoms with van der Waals surface area (Å²) < 4.78 is 10.2. The molecule has 0 aliphatic carbocycles. The van der Waals surface area contributed by atoms with Gasteiger partial charge in [0.25, 0.3) is 0 Å². The SMILES string of the molecule is COc1cc(O)c2c(c1O)/C=C/C[C@H](O)[C@H](O)C(=O)/C=C/C[C@H](C)OC2=O. The molecule has 1 aromatic carbocycles. The number of phenols is 2. The lowest BCUT2D eigenvalue weighted by Crippen LogP contribution is -2.32. The number of hydrogen-bond donors (Lipinski definition) is 4. The molecule has 1 heterocycles. The molecule has 0 unspecified atom stereocenters. The molecule has 0 saturated heterocycles. The molecule has 0 spiro atoms. The number of benzene rings is 1. The van der Waals surface area contributed by atoms with Gasteiger partial charge in [0, 0.05) is 18.1 Å². The van der Waals surface area contributed by atoms with Crippen LogP contribution in [-0.4, -0.2) is 57.6 Å². The Balaban J connectivity index is 2.54. The quantitative estimate of drug-likeness (QED) is 0.424. The number of esters is 1. The number of fused-ring (bicyclic) bond motifs is 1. The van der Waals surface area contributed by atoms with E-state index in [0.717, 1.165) is 12.1 Å². The fourth-order valence-electron chi connectivity index (χ4n) is 2.59. The van der Waals surface area contributed by atoms with Gasteiger partial charge in [0.05, 0.1) is 13.2 Å². The third-order valence-corrected chi connectivity index (χ3v) is 4.08. The van der Waals surface area contributed by atoms with Crippen LogP contribution >= 0.6 is 0 Å². The van der Waals surface area contributed by atoms with E-state index in [9.17, 15) is 30.0 Å². The second kappa shape index (κ2) is 8.70. The van der Waals surface area contributed by atoms with E-state index in [0.29, 0.717) is 0 Å². The minimum atomic E-state index is -1.61. The minimum absolute atomic E-state index is 0.0587. The fourth-order valence-corrected chi connectivity index (χ4v) is 2.59. The lowest BCUT2D eigenvalue weighted by Gasteiger charge is -2.17. The zero-order chi connectivity index (χ0) is 20.1. The van der Waals surface area contributed by atoms with Crippen molar-refractivity contribution in [2.45, 2.75) is 38.1 Å². The molecule has 27 heavy (non-hydrogen) atoms. The van der Waals surface area contributed by atoms with E-state index >= 15 is 0 Å². The number of hydrogen-bond acceptors (Lipinski definition) is 8. The zero-order valence-corrected chi connectivity index (χ0v) is 15.0. The second-order valence-electron chi connectivity index (χ2n) is 6.14. The predicted octanol–water partition coefficient (Wildman–Crippen LogP) is 1.31. The number of aliphatic hydroxyl groups excluding tert-OH is 2. The van der Waals surface area contributed by atoms with E-state index in [2.05, 4.69) is 0 Å². The number of carbonyl (C=O) groups is 2. The van der Waals surface area contributed by atoms with Gasteiger partial charge in [0.1, 0.15) is 23.5 Å². The van der Waals surface area contributed by atoms with E-state index in [1.165, 1.54) is 25.3 Å². The highest BCUT2D eigenvalue weighted by atomic mass is 16.5. The van der Waals surface area contributed by atoms with E-state index in [4.69, 9.17) is 9.47 Å². The Labute approximate surface area is 156 Å². The van der Waals surface area contributed by atoms with Gasteiger partial charge in [-0.25, -0.2) is 4.79 Å². The fraction of sp³-hybridized carbons (Fsp3) is 0.368. The van der Waals surface area contributed by atoms with Crippen molar-refractivity contribution < 1.29 is 39.5 Å². The molecule has 2 rings (SSSR count). The molecular formula is C19H22O8. The van der Waals surface area contributed by atoms with E-state index < -0.39 is 41.6 Å². The van der Waals surface area contributed by atoms with Gasteiger partial charge in [0.2, 0.25) is 0 Å². The highest BCUT2D eigenvalue weighted by Crippen LogP contribution is 2.39. The molecule has 0 fully saturated rings. The number of aliphatic hydroxyl groups is 2. The number of ketones is 1. The lowest BCUT2D eigenvalue weighted by molar-refractivity contribution is -0.127. The first-order valence-electron chi connectivity index (χ1n) is 8.33. The summed E-state index contributed by atoms with van der Waals surface area (Å²) in [4.78, 5) is 24.3. The number of methoxy groups -OCH3 is 1. The van der Waals surface area contributed by atoms with Gasteiger partial charge >= 0.3 is 5.97 Å². The normalized spacial score (nSPS) is 26.4. The van der Waals surface area contributed by atoms with E-state index in [1.807, 2.05) is 0 Å². The third kappa shape index (κ3) is 4.66. The number of carbonyl (C=O) groups excluding carboxylic acids is 2. The summed E-state index contributed by atoms with van der Waals surface area (Å²) >= 11 is 0. The topological polar surface area (TPSA) is 134 Å². The van der Waals surface area contributed by atoms with Crippen LogP contribution < -0.4 is 4.74 Å². The predicted molar refractivity (Wildman–Crippen MR) is 95.6 cm³/mol. The molecule has 0 radical (unpaired) electrons. The molecular weight excluding hydrogens is 356 g/mol. The van der Waals surface area contributed by atoms with Gasteiger partial charge in [-0.1, -0.05) is 18.2 Å². The van der Waals surface area contributed by atoms with Gasteiger partial charge in [-0.05, 0) is 19.4 Å². The van der Waals surface area contributed by atoms with Crippen molar-refractivity contribution in [3.05, 3.63) is 35.4 Å². The van der Waals surface area contributed by atoms with Crippen LogP contribution in [0.15, 0.2) is 24.3 Å². The maximum absolute atomic E-state index is 12.5. The standard InChI is InChI=1S/C19H22O8/c1-10-5-3-7-12(20)18(24)13(21)8-4-6-11-16(19(25)27-10)14(22)9-15(26-2)17(11)23/h3-4,6-7,9-10,13,18,21-24H,5,8H2,1-2H3/b6-4+,7-3+/t10-,13-,18+/m0/s1. The molecule has 0 aromatic heterocycles. The average molecular weight is 378 g/mol. The Hall–Kier alpha value is -2.84. The molecule has 0 saturated carbocycles. The summed E-state index contributed by atoms with van der Waals surface area (Å²) in [5, 5.41) is 40.4. The Bertz CT molecular complexity index is 780. The van der Waals surface area contributed by atoms with Crippen molar-refractivity contribution in [1.82, 2.24) is 0 Å². The zero-order valence-electron chi connectivity index (χ0n) is 15.0. The Morgan fingerprint density at radius 3 is 2.44 bits per heavy atom. The van der Waals surface area contributed by atoms with Crippen molar-refractivity contribution in [3.8, 4) is 17.2 Å². The number of ether oxygens (including phenoxy) is 2. The number of cyclic esters (lactones) is 1. The molecule has 146 valence electrons. The third-order valence-electron chi connectivity index (χ3n) is 4.08. The molecule has 8 heteroatoms. The van der Waals surface area contributed by atoms with Crippen LogP contribution in [0.3, 0.4) is 0 Å². The minimum Gasteiger partial charge on any atom is -0.507 e. The molecule has 4 N–H and O–H groups in total. The van der Waals surface area contributed by atoms with Gasteiger partial charge < -0.3 is 29.9 Å². The molecule has 0 bridgehead atoms. The Morgan fingerprint density at radius 2 is 1.78 bits per heavy atom. The molecule has 0 amide bonds. The number of rotatable bonds is 1. The highest BCUT2D eigenvalue weighted by molar-refractivity contribution is 5.98. The monoisotopic (exact) mass is 378 g/mol. The van der Waals surface area contributed by atoms with Crippen LogP contribution in [0.25, 0.3) is 6.08 Å². The summed E-state index contributed by atoms with van der Waals surface area (Å²) in [7, 11) is 1.28. The second-order valence-corrected chi connectivity index (χ2v) is 6.14. The van der Waals surface area contributed by atoms with Gasteiger partial charge in [-0.15, -0.1) is 0 Å². The van der Waals surface area contributed by atoms with Crippen LogP contribution in [-0.2, 0) is 9.53 Å². The first kappa shape index (κ1) is 20.5. The Morgan fingerprint density at radius 1 is 1.11 bits per heavy atom. The van der Waals surface area contributed by atoms with Crippen molar-refractivity contribution in [3.63, 3.8) is 0 Å². The number of phenolic OH excluding ortho intramolecular Hbond substituents is 2. The van der Waals surface area contributed by atoms with Gasteiger partial charge in [-0.2, -0.15) is 0 Å². The highest BCUT2D eigenvalue weighted by Gasteiger charge is 2.26. The molecule has 1 aromatic rings. The van der Waals surface area contributed by atoms with E-state index in [1.54, 1.807) is 6.92 Å². The average Bonchev–Trinajstić information content (AvgIpc) is 2.62. The van der Waals surface area contributed by atoms with E-state index in [-0.39, 0.29) is 29.7 Å². The smallest absolute Gasteiger partial charge is 0.342 e. The first-order valence-corrected chi connectivity index (χ1v) is 8.33. The van der Waals surface area contributed by atoms with Crippen LogP contribution in [0.1, 0.15) is 35.7 Å². The van der Waals surface area contributed by atoms with Gasteiger partial charge in [-0.3, -0.25) is 4.79 Å². The van der Waals surface area contributed by atoms with Gasteiger partial charge in [0.15, 0.2) is 17.3 Å². The Kier molecular flexibility index (Phi) is 6.59. The molecule has 3 atom stereocenters. The summed E-state index contributed by atoms with van der Waals surface area (Å²) in [5.74, 6) is -2.44. The lowest BCUT2D eigenvalue weighted by atomic mass is 10.0. The van der Waals surface area contributed by atoms with Crippen LogP contribution in [0.5, 0.6) is 17.2 Å². The van der Waals surface area contributed by atoms with Crippen molar-refractivity contribution in [2.24, 2.45) is 0 Å².